The highest BCUT2D eigenvalue weighted by atomic mass is 16.5. The van der Waals surface area contributed by atoms with E-state index >= 15 is 0 Å². The van der Waals surface area contributed by atoms with Gasteiger partial charge in [0, 0.05) is 50.8 Å². The van der Waals surface area contributed by atoms with E-state index < -0.39 is 0 Å². The molecule has 1 N–H and O–H groups in total. The monoisotopic (exact) mass is 369 g/mol. The zero-order valence-corrected chi connectivity index (χ0v) is 16.2. The van der Waals surface area contributed by atoms with Crippen molar-refractivity contribution in [3.05, 3.63) is 42.2 Å². The summed E-state index contributed by atoms with van der Waals surface area (Å²) in [6, 6.07) is 8.01. The maximum atomic E-state index is 12.7. The van der Waals surface area contributed by atoms with Crippen LogP contribution in [-0.2, 0) is 0 Å². The number of hydrogen-bond donors (Lipinski definition) is 1. The lowest BCUT2D eigenvalue weighted by Gasteiger charge is -2.36. The number of hydrogen-bond acceptors (Lipinski definition) is 6. The average molecular weight is 369 g/mol. The molecule has 144 valence electrons. The summed E-state index contributed by atoms with van der Waals surface area (Å²) in [4.78, 5) is 25.3. The van der Waals surface area contributed by atoms with Gasteiger partial charge in [-0.1, -0.05) is 13.8 Å². The highest BCUT2D eigenvalue weighted by molar-refractivity contribution is 5.93. The van der Waals surface area contributed by atoms with Gasteiger partial charge >= 0.3 is 0 Å². The van der Waals surface area contributed by atoms with Crippen LogP contribution in [0, 0.1) is 5.92 Å². The van der Waals surface area contributed by atoms with Gasteiger partial charge in [-0.05, 0) is 30.2 Å². The van der Waals surface area contributed by atoms with Gasteiger partial charge in [0.15, 0.2) is 0 Å². The van der Waals surface area contributed by atoms with Gasteiger partial charge < -0.3 is 19.9 Å². The minimum absolute atomic E-state index is 0.0141. The number of methoxy groups -OCH3 is 1. The predicted octanol–water partition coefficient (Wildman–Crippen LogP) is 2.52. The van der Waals surface area contributed by atoms with Gasteiger partial charge in [-0.2, -0.15) is 0 Å². The molecule has 7 nitrogen and oxygen atoms in total. The average Bonchev–Trinajstić information content (AvgIpc) is 2.72. The number of amides is 1. The second kappa shape index (κ2) is 8.70. The van der Waals surface area contributed by atoms with Gasteiger partial charge in [0.05, 0.1) is 12.7 Å². The van der Waals surface area contributed by atoms with E-state index in [2.05, 4.69) is 34.0 Å². The van der Waals surface area contributed by atoms with Crippen LogP contribution in [0.1, 0.15) is 24.2 Å². The third kappa shape index (κ3) is 4.87. The number of anilines is 2. The molecule has 1 aliphatic heterocycles. The quantitative estimate of drug-likeness (QED) is 0.844. The zero-order valence-electron chi connectivity index (χ0n) is 16.2. The molecule has 0 atom stereocenters. The molecule has 2 aromatic rings. The zero-order chi connectivity index (χ0) is 19.2. The van der Waals surface area contributed by atoms with Crippen molar-refractivity contribution in [3.8, 4) is 5.75 Å². The highest BCUT2D eigenvalue weighted by Crippen LogP contribution is 2.21. The van der Waals surface area contributed by atoms with E-state index in [-0.39, 0.29) is 5.91 Å². The first kappa shape index (κ1) is 18.9. The minimum atomic E-state index is -0.0141. The van der Waals surface area contributed by atoms with Crippen LogP contribution in [0.4, 0.5) is 11.6 Å². The lowest BCUT2D eigenvalue weighted by atomic mass is 10.2. The fourth-order valence-corrected chi connectivity index (χ4v) is 2.97. The Morgan fingerprint density at radius 3 is 2.30 bits per heavy atom. The molecule has 3 rings (SSSR count). The van der Waals surface area contributed by atoms with E-state index in [0.717, 1.165) is 31.1 Å². The molecule has 0 saturated carbocycles. The molecule has 1 aromatic heterocycles. The van der Waals surface area contributed by atoms with E-state index in [1.165, 1.54) is 0 Å². The van der Waals surface area contributed by atoms with Crippen LogP contribution in [0.2, 0.25) is 0 Å². The predicted molar refractivity (Wildman–Crippen MR) is 106 cm³/mol. The molecule has 27 heavy (non-hydrogen) atoms. The molecule has 1 fully saturated rings. The molecule has 1 aliphatic rings. The smallest absolute Gasteiger partial charge is 0.257 e. The van der Waals surface area contributed by atoms with Gasteiger partial charge in [-0.15, -0.1) is 0 Å². The minimum Gasteiger partial charge on any atom is -0.497 e. The summed E-state index contributed by atoms with van der Waals surface area (Å²) in [6.07, 6.45) is 3.21. The fourth-order valence-electron chi connectivity index (χ4n) is 2.97. The third-order valence-corrected chi connectivity index (χ3v) is 4.57. The van der Waals surface area contributed by atoms with Crippen LogP contribution in [-0.4, -0.2) is 60.6 Å². The largest absolute Gasteiger partial charge is 0.497 e. The van der Waals surface area contributed by atoms with Crippen molar-refractivity contribution >= 4 is 17.5 Å². The molecule has 0 spiro atoms. The lowest BCUT2D eigenvalue weighted by molar-refractivity contribution is 0.0746. The maximum absolute atomic E-state index is 12.7. The van der Waals surface area contributed by atoms with E-state index in [1.54, 1.807) is 19.5 Å². The molecule has 0 radical (unpaired) electrons. The SMILES string of the molecule is COc1ccc(N2CCN(C(=O)c3cnc(NCC(C)C)nc3)CC2)cc1. The Balaban J connectivity index is 1.54. The molecule has 2 heterocycles. The number of ether oxygens (including phenoxy) is 1. The third-order valence-electron chi connectivity index (χ3n) is 4.57. The summed E-state index contributed by atoms with van der Waals surface area (Å²) in [5.74, 6) is 1.90. The van der Waals surface area contributed by atoms with Crippen molar-refractivity contribution in [2.24, 2.45) is 5.92 Å². The van der Waals surface area contributed by atoms with Crippen molar-refractivity contribution in [1.29, 1.82) is 0 Å². The second-order valence-electron chi connectivity index (χ2n) is 7.05. The Kier molecular flexibility index (Phi) is 6.11. The highest BCUT2D eigenvalue weighted by Gasteiger charge is 2.23. The van der Waals surface area contributed by atoms with Crippen LogP contribution < -0.4 is 15.0 Å². The lowest BCUT2D eigenvalue weighted by Crippen LogP contribution is -2.48. The number of benzene rings is 1. The molecule has 7 heteroatoms. The van der Waals surface area contributed by atoms with Gasteiger partial charge in [-0.25, -0.2) is 9.97 Å². The Morgan fingerprint density at radius 1 is 1.11 bits per heavy atom. The second-order valence-corrected chi connectivity index (χ2v) is 7.05. The summed E-state index contributed by atoms with van der Waals surface area (Å²) in [7, 11) is 1.66. The summed E-state index contributed by atoms with van der Waals surface area (Å²) in [6.45, 7) is 8.00. The first-order valence-electron chi connectivity index (χ1n) is 9.31. The van der Waals surface area contributed by atoms with Crippen LogP contribution in [0.3, 0.4) is 0 Å². The number of piperazine rings is 1. The molecule has 1 saturated heterocycles. The van der Waals surface area contributed by atoms with Crippen LogP contribution in [0.25, 0.3) is 0 Å². The number of carbonyl (C=O) groups is 1. The van der Waals surface area contributed by atoms with Gasteiger partial charge in [0.2, 0.25) is 5.95 Å². The molecule has 0 aliphatic carbocycles. The Morgan fingerprint density at radius 2 is 1.74 bits per heavy atom. The number of rotatable bonds is 6. The first-order valence-corrected chi connectivity index (χ1v) is 9.31. The van der Waals surface area contributed by atoms with Crippen molar-refractivity contribution in [2.45, 2.75) is 13.8 Å². The van der Waals surface area contributed by atoms with Gasteiger partial charge in [0.1, 0.15) is 5.75 Å². The van der Waals surface area contributed by atoms with E-state index in [9.17, 15) is 4.79 Å². The Labute approximate surface area is 160 Å². The summed E-state index contributed by atoms with van der Waals surface area (Å²) in [5, 5.41) is 3.16. The molecule has 0 unspecified atom stereocenters. The van der Waals surface area contributed by atoms with E-state index in [4.69, 9.17) is 4.74 Å². The van der Waals surface area contributed by atoms with Crippen molar-refractivity contribution in [2.75, 3.05) is 50.1 Å². The van der Waals surface area contributed by atoms with Crippen molar-refractivity contribution in [3.63, 3.8) is 0 Å². The molecule has 1 aromatic carbocycles. The maximum Gasteiger partial charge on any atom is 0.257 e. The van der Waals surface area contributed by atoms with Crippen molar-refractivity contribution < 1.29 is 9.53 Å². The first-order chi connectivity index (χ1) is 13.1. The molecule has 0 bridgehead atoms. The van der Waals surface area contributed by atoms with Crippen LogP contribution in [0.15, 0.2) is 36.7 Å². The van der Waals surface area contributed by atoms with Gasteiger partial charge in [-0.3, -0.25) is 4.79 Å². The topological polar surface area (TPSA) is 70.6 Å². The Bertz CT molecular complexity index is 738. The number of nitrogens with zero attached hydrogens (tertiary/aromatic N) is 4. The fraction of sp³-hybridized carbons (Fsp3) is 0.450. The van der Waals surface area contributed by atoms with Crippen molar-refractivity contribution in [1.82, 2.24) is 14.9 Å². The number of aromatic nitrogens is 2. The molecular weight excluding hydrogens is 342 g/mol. The van der Waals surface area contributed by atoms with Crippen LogP contribution in [0.5, 0.6) is 5.75 Å². The van der Waals surface area contributed by atoms with E-state index in [1.807, 2.05) is 29.2 Å². The molecular formula is C20H27N5O2. The van der Waals surface area contributed by atoms with E-state index in [0.29, 0.717) is 30.5 Å². The summed E-state index contributed by atoms with van der Waals surface area (Å²) >= 11 is 0. The molecule has 1 amide bonds. The number of nitrogens with one attached hydrogen (secondary N) is 1. The van der Waals surface area contributed by atoms with Gasteiger partial charge in [0.25, 0.3) is 5.91 Å². The number of carbonyl (C=O) groups excluding carboxylic acids is 1. The normalized spacial score (nSPS) is 14.4. The van der Waals surface area contributed by atoms with Crippen LogP contribution >= 0.6 is 0 Å². The Hall–Kier alpha value is -2.83. The summed E-state index contributed by atoms with van der Waals surface area (Å²) < 4.78 is 5.20. The summed E-state index contributed by atoms with van der Waals surface area (Å²) in [5.41, 5.74) is 1.68. The standard InChI is InChI=1S/C20H27N5O2/c1-15(2)12-21-20-22-13-16(14-23-20)19(26)25-10-8-24(9-11-25)17-4-6-18(27-3)7-5-17/h4-7,13-15H,8-12H2,1-3H3,(H,21,22,23).